The van der Waals surface area contributed by atoms with E-state index in [2.05, 4.69) is 19.1 Å². The Balaban J connectivity index is 3.09. The van der Waals surface area contributed by atoms with Crippen LogP contribution in [0.2, 0.25) is 0 Å². The van der Waals surface area contributed by atoms with Gasteiger partial charge in [0, 0.05) is 0 Å². The van der Waals surface area contributed by atoms with Gasteiger partial charge in [0.25, 0.3) is 0 Å². The number of rotatable bonds is 15. The van der Waals surface area contributed by atoms with Gasteiger partial charge in [-0.15, -0.1) is 0 Å². The molecule has 0 bridgehead atoms. The molecule has 0 atom stereocenters. The van der Waals surface area contributed by atoms with E-state index in [1.165, 1.54) is 83.5 Å². The molecular formula is C20H37N. The van der Waals surface area contributed by atoms with Crippen molar-refractivity contribution in [2.24, 2.45) is 5.73 Å². The average Bonchev–Trinajstić information content (AvgIpc) is 2.50. The van der Waals surface area contributed by atoms with E-state index in [-0.39, 0.29) is 0 Å². The molecular weight excluding hydrogens is 254 g/mol. The largest absolute Gasteiger partial charge is 0.405 e. The quantitative estimate of drug-likeness (QED) is 0.265. The molecule has 1 heteroatoms. The van der Waals surface area contributed by atoms with Crippen LogP contribution in [-0.4, -0.2) is 0 Å². The normalized spacial score (nSPS) is 12.2. The first-order valence-electron chi connectivity index (χ1n) is 9.12. The van der Waals surface area contributed by atoms with Crippen molar-refractivity contribution < 1.29 is 0 Å². The molecule has 0 radical (unpaired) electrons. The van der Waals surface area contributed by atoms with E-state index in [4.69, 9.17) is 5.73 Å². The Bertz CT molecular complexity index is 263. The lowest BCUT2D eigenvalue weighted by Gasteiger charge is -2.02. The van der Waals surface area contributed by atoms with E-state index in [0.717, 1.165) is 0 Å². The predicted molar refractivity (Wildman–Crippen MR) is 97.3 cm³/mol. The van der Waals surface area contributed by atoms with Gasteiger partial charge >= 0.3 is 0 Å². The monoisotopic (exact) mass is 291 g/mol. The first-order chi connectivity index (χ1) is 10.4. The zero-order valence-electron chi connectivity index (χ0n) is 14.2. The molecule has 0 aromatic rings. The Hall–Kier alpha value is -0.980. The Morgan fingerprint density at radius 1 is 0.571 bits per heavy atom. The minimum atomic E-state index is 1.20. The van der Waals surface area contributed by atoms with Crippen LogP contribution in [0.3, 0.4) is 0 Å². The van der Waals surface area contributed by atoms with Gasteiger partial charge in [0.1, 0.15) is 0 Å². The molecule has 0 aromatic heterocycles. The summed E-state index contributed by atoms with van der Waals surface area (Å²) < 4.78 is 0. The molecule has 21 heavy (non-hydrogen) atoms. The maximum absolute atomic E-state index is 5.24. The van der Waals surface area contributed by atoms with Crippen LogP contribution in [0.5, 0.6) is 0 Å². The van der Waals surface area contributed by atoms with Crippen molar-refractivity contribution in [2.45, 2.75) is 90.4 Å². The van der Waals surface area contributed by atoms with Gasteiger partial charge in [0.2, 0.25) is 0 Å². The molecule has 122 valence electrons. The molecule has 1 nitrogen and oxygen atoms in total. The number of nitrogens with two attached hydrogens (primary N) is 1. The van der Waals surface area contributed by atoms with Gasteiger partial charge in [-0.05, 0) is 25.1 Å². The van der Waals surface area contributed by atoms with E-state index >= 15 is 0 Å². The third kappa shape index (κ3) is 19.0. The molecule has 0 heterocycles. The zero-order valence-corrected chi connectivity index (χ0v) is 14.2. The Labute approximate surface area is 133 Å². The van der Waals surface area contributed by atoms with E-state index < -0.39 is 0 Å². The van der Waals surface area contributed by atoms with Gasteiger partial charge < -0.3 is 5.73 Å². The first-order valence-corrected chi connectivity index (χ1v) is 9.12. The SMILES string of the molecule is CCCCCCCCCCCCCC/C=C/C=C/C=C/N. The summed E-state index contributed by atoms with van der Waals surface area (Å²) in [6.07, 6.45) is 30.0. The fraction of sp³-hybridized carbons (Fsp3) is 0.700. The Kier molecular flexibility index (Phi) is 18.1. The smallest absolute Gasteiger partial charge is 0.00624 e. The number of hydrogen-bond donors (Lipinski definition) is 1. The van der Waals surface area contributed by atoms with Gasteiger partial charge in [-0.2, -0.15) is 0 Å². The maximum atomic E-state index is 5.24. The number of allylic oxidation sites excluding steroid dienone is 5. The molecule has 0 fully saturated rings. The number of unbranched alkanes of at least 4 members (excludes halogenated alkanes) is 12. The molecule has 0 aliphatic carbocycles. The second-order valence-electron chi connectivity index (χ2n) is 5.88. The maximum Gasteiger partial charge on any atom is -0.00624 e. The molecule has 2 N–H and O–H groups in total. The number of hydrogen-bond acceptors (Lipinski definition) is 1. The Morgan fingerprint density at radius 3 is 1.57 bits per heavy atom. The van der Waals surface area contributed by atoms with Gasteiger partial charge in [0.05, 0.1) is 0 Å². The molecule has 0 aliphatic heterocycles. The third-order valence-corrected chi connectivity index (χ3v) is 3.80. The van der Waals surface area contributed by atoms with Crippen LogP contribution in [-0.2, 0) is 0 Å². The lowest BCUT2D eigenvalue weighted by molar-refractivity contribution is 0.545. The summed E-state index contributed by atoms with van der Waals surface area (Å²) in [6, 6.07) is 0. The lowest BCUT2D eigenvalue weighted by atomic mass is 10.0. The van der Waals surface area contributed by atoms with E-state index in [0.29, 0.717) is 0 Å². The molecule has 0 spiro atoms. The summed E-state index contributed by atoms with van der Waals surface area (Å²) >= 11 is 0. The highest BCUT2D eigenvalue weighted by Gasteiger charge is 1.92. The molecule has 0 saturated heterocycles. The van der Waals surface area contributed by atoms with Crippen molar-refractivity contribution in [3.63, 3.8) is 0 Å². The van der Waals surface area contributed by atoms with Crippen LogP contribution < -0.4 is 5.73 Å². The van der Waals surface area contributed by atoms with Gasteiger partial charge in [-0.1, -0.05) is 102 Å². The molecule has 0 unspecified atom stereocenters. The van der Waals surface area contributed by atoms with Crippen molar-refractivity contribution in [1.82, 2.24) is 0 Å². The summed E-state index contributed by atoms with van der Waals surface area (Å²) in [7, 11) is 0. The van der Waals surface area contributed by atoms with Crippen molar-refractivity contribution in [2.75, 3.05) is 0 Å². The van der Waals surface area contributed by atoms with Crippen LogP contribution in [0.1, 0.15) is 90.4 Å². The van der Waals surface area contributed by atoms with Crippen LogP contribution in [0.25, 0.3) is 0 Å². The molecule has 0 aromatic carbocycles. The lowest BCUT2D eigenvalue weighted by Crippen LogP contribution is -1.82. The minimum Gasteiger partial charge on any atom is -0.405 e. The van der Waals surface area contributed by atoms with Crippen LogP contribution in [0.15, 0.2) is 36.6 Å². The molecule has 0 aliphatic rings. The minimum absolute atomic E-state index is 1.20. The molecule has 0 amide bonds. The van der Waals surface area contributed by atoms with E-state index in [1.807, 2.05) is 18.2 Å². The van der Waals surface area contributed by atoms with E-state index in [1.54, 1.807) is 6.20 Å². The topological polar surface area (TPSA) is 26.0 Å². The van der Waals surface area contributed by atoms with Crippen molar-refractivity contribution in [1.29, 1.82) is 0 Å². The molecule has 0 saturated carbocycles. The standard InChI is InChI=1S/C20H37N/c1-2-3-4-5-6-7-8-9-10-11-12-13-14-15-16-17-18-19-20-21/h15-20H,2-14,21H2,1H3/b16-15+,18-17+,20-19+. The second kappa shape index (κ2) is 19.0. The van der Waals surface area contributed by atoms with Gasteiger partial charge in [-0.3, -0.25) is 0 Å². The van der Waals surface area contributed by atoms with Crippen LogP contribution >= 0.6 is 0 Å². The highest BCUT2D eigenvalue weighted by molar-refractivity contribution is 5.10. The summed E-state index contributed by atoms with van der Waals surface area (Å²) in [5.41, 5.74) is 5.24. The van der Waals surface area contributed by atoms with Gasteiger partial charge in [0.15, 0.2) is 0 Å². The van der Waals surface area contributed by atoms with Crippen molar-refractivity contribution in [3.05, 3.63) is 36.6 Å². The molecule has 0 rings (SSSR count). The summed E-state index contributed by atoms with van der Waals surface area (Å²) in [5.74, 6) is 0. The highest BCUT2D eigenvalue weighted by atomic mass is 14.5. The van der Waals surface area contributed by atoms with Gasteiger partial charge in [-0.25, -0.2) is 0 Å². The Morgan fingerprint density at radius 2 is 1.05 bits per heavy atom. The predicted octanol–water partition coefficient (Wildman–Crippen LogP) is 6.66. The fourth-order valence-corrected chi connectivity index (χ4v) is 2.47. The fourth-order valence-electron chi connectivity index (χ4n) is 2.47. The van der Waals surface area contributed by atoms with E-state index in [9.17, 15) is 0 Å². The van der Waals surface area contributed by atoms with Crippen LogP contribution in [0, 0.1) is 0 Å². The second-order valence-corrected chi connectivity index (χ2v) is 5.88. The summed E-state index contributed by atoms with van der Waals surface area (Å²) in [6.45, 7) is 2.28. The zero-order chi connectivity index (χ0) is 15.4. The average molecular weight is 292 g/mol. The van der Waals surface area contributed by atoms with Crippen LogP contribution in [0.4, 0.5) is 0 Å². The van der Waals surface area contributed by atoms with Crippen molar-refractivity contribution in [3.8, 4) is 0 Å². The summed E-state index contributed by atoms with van der Waals surface area (Å²) in [5, 5.41) is 0. The first kappa shape index (κ1) is 20.0. The highest BCUT2D eigenvalue weighted by Crippen LogP contribution is 2.12. The third-order valence-electron chi connectivity index (χ3n) is 3.80. The van der Waals surface area contributed by atoms with Crippen molar-refractivity contribution >= 4 is 0 Å². The summed E-state index contributed by atoms with van der Waals surface area (Å²) in [4.78, 5) is 0.